The molecule has 1 aliphatic rings. The lowest BCUT2D eigenvalue weighted by atomic mass is 10.3. The Morgan fingerprint density at radius 1 is 1.04 bits per heavy atom. The predicted molar refractivity (Wildman–Crippen MR) is 98.8 cm³/mol. The van der Waals surface area contributed by atoms with Crippen LogP contribution in [-0.4, -0.2) is 74.2 Å². The van der Waals surface area contributed by atoms with E-state index in [2.05, 4.69) is 13.8 Å². The van der Waals surface area contributed by atoms with Crippen LogP contribution in [0.2, 0.25) is 0 Å². The quantitative estimate of drug-likeness (QED) is 0.684. The van der Waals surface area contributed by atoms with Gasteiger partial charge >= 0.3 is 0 Å². The average Bonchev–Trinajstić information content (AvgIpc) is 2.62. The molecule has 1 aromatic rings. The van der Waals surface area contributed by atoms with Crippen LogP contribution < -0.4 is 0 Å². The Morgan fingerprint density at radius 3 is 2.08 bits per heavy atom. The standard InChI is InChI=1S/C18H28FN3O3S/c1-3-9-21(10-4-2)18(23)15-20-11-13-22(14-12-20)26(24,25)17-7-5-16(19)6-8-17/h5-8H,3-4,9-15H2,1-2H3. The second-order valence-corrected chi connectivity index (χ2v) is 8.45. The summed E-state index contributed by atoms with van der Waals surface area (Å²) < 4.78 is 39.6. The number of halogens is 1. The number of carbonyl (C=O) groups excluding carboxylic acids is 1. The molecule has 0 saturated carbocycles. The molecular formula is C18H28FN3O3S. The van der Waals surface area contributed by atoms with Gasteiger partial charge in [-0.1, -0.05) is 13.8 Å². The molecule has 2 rings (SSSR count). The van der Waals surface area contributed by atoms with E-state index in [1.54, 1.807) is 0 Å². The maximum Gasteiger partial charge on any atom is 0.243 e. The van der Waals surface area contributed by atoms with Crippen molar-refractivity contribution >= 4 is 15.9 Å². The van der Waals surface area contributed by atoms with Crippen LogP contribution in [0.5, 0.6) is 0 Å². The molecule has 6 nitrogen and oxygen atoms in total. The van der Waals surface area contributed by atoms with E-state index in [1.807, 2.05) is 9.80 Å². The van der Waals surface area contributed by atoms with Gasteiger partial charge in [-0.25, -0.2) is 12.8 Å². The maximum absolute atomic E-state index is 13.0. The normalized spacial score (nSPS) is 16.6. The van der Waals surface area contributed by atoms with Crippen LogP contribution in [0.1, 0.15) is 26.7 Å². The molecule has 0 radical (unpaired) electrons. The fourth-order valence-corrected chi connectivity index (χ4v) is 4.50. The summed E-state index contributed by atoms with van der Waals surface area (Å²) in [5.74, 6) is -0.362. The lowest BCUT2D eigenvalue weighted by Crippen LogP contribution is -2.51. The second-order valence-electron chi connectivity index (χ2n) is 6.51. The molecule has 1 fully saturated rings. The zero-order valence-electron chi connectivity index (χ0n) is 15.5. The van der Waals surface area contributed by atoms with E-state index in [9.17, 15) is 17.6 Å². The molecule has 0 aromatic heterocycles. The summed E-state index contributed by atoms with van der Waals surface area (Å²) >= 11 is 0. The molecule has 0 spiro atoms. The fraction of sp³-hybridized carbons (Fsp3) is 0.611. The van der Waals surface area contributed by atoms with E-state index in [-0.39, 0.29) is 10.8 Å². The van der Waals surface area contributed by atoms with E-state index < -0.39 is 15.8 Å². The number of carbonyl (C=O) groups is 1. The first-order valence-corrected chi connectivity index (χ1v) is 10.6. The number of hydrogen-bond donors (Lipinski definition) is 0. The number of rotatable bonds is 8. The van der Waals surface area contributed by atoms with Gasteiger partial charge in [0.05, 0.1) is 11.4 Å². The maximum atomic E-state index is 13.0. The summed E-state index contributed by atoms with van der Waals surface area (Å²) in [6.45, 7) is 7.62. The lowest BCUT2D eigenvalue weighted by Gasteiger charge is -2.34. The van der Waals surface area contributed by atoms with Gasteiger partial charge in [-0.05, 0) is 37.1 Å². The molecule has 0 N–H and O–H groups in total. The largest absolute Gasteiger partial charge is 0.342 e. The van der Waals surface area contributed by atoms with Crippen molar-refractivity contribution in [3.05, 3.63) is 30.1 Å². The molecule has 0 unspecified atom stereocenters. The molecular weight excluding hydrogens is 357 g/mol. The molecule has 0 atom stereocenters. The van der Waals surface area contributed by atoms with Crippen molar-refractivity contribution in [3.63, 3.8) is 0 Å². The Morgan fingerprint density at radius 2 is 1.58 bits per heavy atom. The number of amides is 1. The van der Waals surface area contributed by atoms with Gasteiger partial charge < -0.3 is 4.90 Å². The summed E-state index contributed by atoms with van der Waals surface area (Å²) in [5.41, 5.74) is 0. The van der Waals surface area contributed by atoms with Crippen LogP contribution in [0.15, 0.2) is 29.2 Å². The highest BCUT2D eigenvalue weighted by molar-refractivity contribution is 7.89. The molecule has 1 saturated heterocycles. The summed E-state index contributed by atoms with van der Waals surface area (Å²) in [5, 5.41) is 0. The second kappa shape index (κ2) is 9.43. The van der Waals surface area contributed by atoms with Gasteiger partial charge in [0.15, 0.2) is 0 Å². The molecule has 1 heterocycles. The molecule has 26 heavy (non-hydrogen) atoms. The first kappa shape index (κ1) is 20.8. The molecule has 1 aliphatic heterocycles. The summed E-state index contributed by atoms with van der Waals surface area (Å²) in [7, 11) is -3.62. The van der Waals surface area contributed by atoms with Crippen molar-refractivity contribution in [1.82, 2.24) is 14.1 Å². The minimum atomic E-state index is -3.62. The van der Waals surface area contributed by atoms with Crippen molar-refractivity contribution in [2.45, 2.75) is 31.6 Å². The van der Waals surface area contributed by atoms with Crippen molar-refractivity contribution < 1.29 is 17.6 Å². The van der Waals surface area contributed by atoms with E-state index in [0.29, 0.717) is 32.7 Å². The van der Waals surface area contributed by atoms with Gasteiger partial charge in [-0.15, -0.1) is 0 Å². The van der Waals surface area contributed by atoms with Gasteiger partial charge in [-0.3, -0.25) is 9.69 Å². The molecule has 1 amide bonds. The van der Waals surface area contributed by atoms with Crippen molar-refractivity contribution in [2.75, 3.05) is 45.8 Å². The predicted octanol–water partition coefficient (Wildman–Crippen LogP) is 1.78. The number of nitrogens with zero attached hydrogens (tertiary/aromatic N) is 3. The van der Waals surface area contributed by atoms with Crippen LogP contribution in [0.4, 0.5) is 4.39 Å². The zero-order valence-corrected chi connectivity index (χ0v) is 16.3. The Kier molecular flexibility index (Phi) is 7.55. The highest BCUT2D eigenvalue weighted by Crippen LogP contribution is 2.18. The van der Waals surface area contributed by atoms with Crippen molar-refractivity contribution in [1.29, 1.82) is 0 Å². The van der Waals surface area contributed by atoms with E-state index in [0.717, 1.165) is 38.1 Å². The minimum absolute atomic E-state index is 0.0977. The smallest absolute Gasteiger partial charge is 0.243 e. The van der Waals surface area contributed by atoms with Gasteiger partial charge in [-0.2, -0.15) is 4.31 Å². The molecule has 146 valence electrons. The summed E-state index contributed by atoms with van der Waals surface area (Å²) in [4.78, 5) is 16.4. The average molecular weight is 386 g/mol. The number of hydrogen-bond acceptors (Lipinski definition) is 4. The zero-order chi connectivity index (χ0) is 19.2. The number of piperazine rings is 1. The van der Waals surface area contributed by atoms with Crippen LogP contribution in [0.3, 0.4) is 0 Å². The Hall–Kier alpha value is -1.51. The monoisotopic (exact) mass is 385 g/mol. The lowest BCUT2D eigenvalue weighted by molar-refractivity contribution is -0.132. The molecule has 0 aliphatic carbocycles. The third-order valence-corrected chi connectivity index (χ3v) is 6.39. The number of benzene rings is 1. The first-order chi connectivity index (χ1) is 12.4. The van der Waals surface area contributed by atoms with E-state index >= 15 is 0 Å². The van der Waals surface area contributed by atoms with Crippen LogP contribution >= 0.6 is 0 Å². The van der Waals surface area contributed by atoms with E-state index in [4.69, 9.17) is 0 Å². The van der Waals surface area contributed by atoms with Crippen molar-refractivity contribution in [3.8, 4) is 0 Å². The molecule has 1 aromatic carbocycles. The third-order valence-electron chi connectivity index (χ3n) is 4.48. The SMILES string of the molecule is CCCN(CCC)C(=O)CN1CCN(S(=O)(=O)c2ccc(F)cc2)CC1. The van der Waals surface area contributed by atoms with E-state index in [1.165, 1.54) is 16.4 Å². The molecule has 0 bridgehead atoms. The Bertz CT molecular complexity index is 680. The minimum Gasteiger partial charge on any atom is -0.342 e. The van der Waals surface area contributed by atoms with Gasteiger partial charge in [0.1, 0.15) is 5.82 Å². The van der Waals surface area contributed by atoms with Crippen LogP contribution in [-0.2, 0) is 14.8 Å². The molecule has 8 heteroatoms. The topological polar surface area (TPSA) is 60.9 Å². The summed E-state index contributed by atoms with van der Waals surface area (Å²) in [6, 6.07) is 4.87. The van der Waals surface area contributed by atoms with Gasteiger partial charge in [0.2, 0.25) is 15.9 Å². The fourth-order valence-electron chi connectivity index (χ4n) is 3.08. The highest BCUT2D eigenvalue weighted by atomic mass is 32.2. The van der Waals surface area contributed by atoms with Gasteiger partial charge in [0, 0.05) is 39.3 Å². The Balaban J connectivity index is 1.92. The highest BCUT2D eigenvalue weighted by Gasteiger charge is 2.29. The summed E-state index contributed by atoms with van der Waals surface area (Å²) in [6.07, 6.45) is 1.85. The van der Waals surface area contributed by atoms with Crippen LogP contribution in [0, 0.1) is 5.82 Å². The van der Waals surface area contributed by atoms with Gasteiger partial charge in [0.25, 0.3) is 0 Å². The Labute approximate surface area is 155 Å². The first-order valence-electron chi connectivity index (χ1n) is 9.14. The van der Waals surface area contributed by atoms with Crippen LogP contribution in [0.25, 0.3) is 0 Å². The third kappa shape index (κ3) is 5.25. The van der Waals surface area contributed by atoms with Crippen molar-refractivity contribution in [2.24, 2.45) is 0 Å². The number of sulfonamides is 1.